The van der Waals surface area contributed by atoms with Crippen molar-refractivity contribution in [2.24, 2.45) is 0 Å². The summed E-state index contributed by atoms with van der Waals surface area (Å²) < 4.78 is 14.8. The number of hydrogen-bond acceptors (Lipinski definition) is 3. The molecule has 0 spiro atoms. The summed E-state index contributed by atoms with van der Waals surface area (Å²) in [6.45, 7) is 4.95. The first-order valence-electron chi connectivity index (χ1n) is 6.70. The highest BCUT2D eigenvalue weighted by Gasteiger charge is 2.18. The first-order chi connectivity index (χ1) is 9.61. The summed E-state index contributed by atoms with van der Waals surface area (Å²) in [5.41, 5.74) is 1.71. The molecule has 0 aliphatic carbocycles. The SMILES string of the molecule is CCCNC(Cc1csc(C)n1)c1cccc(Br)c1F. The number of nitrogens with one attached hydrogen (secondary N) is 1. The van der Waals surface area contributed by atoms with E-state index >= 15 is 0 Å². The first kappa shape index (κ1) is 15.6. The van der Waals surface area contributed by atoms with Crippen molar-refractivity contribution in [2.45, 2.75) is 32.7 Å². The summed E-state index contributed by atoms with van der Waals surface area (Å²) in [5, 5.41) is 6.51. The zero-order valence-electron chi connectivity index (χ0n) is 11.6. The highest BCUT2D eigenvalue weighted by molar-refractivity contribution is 9.10. The quantitative estimate of drug-likeness (QED) is 0.815. The lowest BCUT2D eigenvalue weighted by molar-refractivity contribution is 0.492. The van der Waals surface area contributed by atoms with Gasteiger partial charge in [-0.15, -0.1) is 11.3 Å². The molecular weight excluding hydrogens is 339 g/mol. The summed E-state index contributed by atoms with van der Waals surface area (Å²) in [5.74, 6) is -0.187. The van der Waals surface area contributed by atoms with Crippen molar-refractivity contribution in [1.82, 2.24) is 10.3 Å². The van der Waals surface area contributed by atoms with Gasteiger partial charge in [0.05, 0.1) is 15.2 Å². The molecule has 1 unspecified atom stereocenters. The molecule has 1 atom stereocenters. The molecule has 0 fully saturated rings. The molecule has 0 saturated heterocycles. The van der Waals surface area contributed by atoms with Crippen molar-refractivity contribution in [3.05, 3.63) is 50.1 Å². The maximum absolute atomic E-state index is 14.3. The Kier molecular flexibility index (Phi) is 5.69. The lowest BCUT2D eigenvalue weighted by Crippen LogP contribution is -2.25. The van der Waals surface area contributed by atoms with Crippen molar-refractivity contribution < 1.29 is 4.39 Å². The van der Waals surface area contributed by atoms with Gasteiger partial charge in [-0.05, 0) is 41.9 Å². The molecular formula is C15H18BrFN2S. The summed E-state index contributed by atoms with van der Waals surface area (Å²) in [7, 11) is 0. The van der Waals surface area contributed by atoms with Gasteiger partial charge < -0.3 is 5.32 Å². The van der Waals surface area contributed by atoms with Crippen LogP contribution in [0.4, 0.5) is 4.39 Å². The van der Waals surface area contributed by atoms with Crippen LogP contribution in [-0.4, -0.2) is 11.5 Å². The maximum atomic E-state index is 14.3. The van der Waals surface area contributed by atoms with Crippen LogP contribution in [0.15, 0.2) is 28.1 Å². The standard InChI is InChI=1S/C15H18BrFN2S/c1-3-7-18-14(8-11-9-20-10(2)19-11)12-5-4-6-13(16)15(12)17/h4-6,9,14,18H,3,7-8H2,1-2H3. The van der Waals surface area contributed by atoms with Crippen molar-refractivity contribution in [3.8, 4) is 0 Å². The molecule has 2 aromatic rings. The molecule has 1 aromatic heterocycles. The van der Waals surface area contributed by atoms with Crippen LogP contribution < -0.4 is 5.32 Å². The smallest absolute Gasteiger partial charge is 0.142 e. The summed E-state index contributed by atoms with van der Waals surface area (Å²) in [6.07, 6.45) is 1.72. The van der Waals surface area contributed by atoms with Gasteiger partial charge in [0.1, 0.15) is 5.82 Å². The third-order valence-electron chi connectivity index (χ3n) is 3.08. The molecule has 1 heterocycles. The first-order valence-corrected chi connectivity index (χ1v) is 8.37. The number of aromatic nitrogens is 1. The van der Waals surface area contributed by atoms with Crippen molar-refractivity contribution in [3.63, 3.8) is 0 Å². The molecule has 108 valence electrons. The van der Waals surface area contributed by atoms with E-state index in [1.807, 2.05) is 24.4 Å². The minimum Gasteiger partial charge on any atom is -0.310 e. The van der Waals surface area contributed by atoms with E-state index in [0.717, 1.165) is 23.7 Å². The van der Waals surface area contributed by atoms with Crippen LogP contribution >= 0.6 is 27.3 Å². The van der Waals surface area contributed by atoms with Crippen molar-refractivity contribution in [1.29, 1.82) is 0 Å². The van der Waals surface area contributed by atoms with Gasteiger partial charge in [0, 0.05) is 23.4 Å². The molecule has 2 rings (SSSR count). The predicted molar refractivity (Wildman–Crippen MR) is 85.7 cm³/mol. The van der Waals surface area contributed by atoms with Gasteiger partial charge in [0.15, 0.2) is 0 Å². The van der Waals surface area contributed by atoms with Crippen LogP contribution in [0.25, 0.3) is 0 Å². The minimum absolute atomic E-state index is 0.0473. The number of nitrogens with zero attached hydrogens (tertiary/aromatic N) is 1. The minimum atomic E-state index is -0.187. The molecule has 0 bridgehead atoms. The van der Waals surface area contributed by atoms with E-state index in [1.165, 1.54) is 0 Å². The topological polar surface area (TPSA) is 24.9 Å². The van der Waals surface area contributed by atoms with Gasteiger partial charge >= 0.3 is 0 Å². The Morgan fingerprint density at radius 3 is 2.90 bits per heavy atom. The van der Waals surface area contributed by atoms with Crippen molar-refractivity contribution in [2.75, 3.05) is 6.54 Å². The largest absolute Gasteiger partial charge is 0.310 e. The fourth-order valence-electron chi connectivity index (χ4n) is 2.11. The molecule has 1 aromatic carbocycles. The lowest BCUT2D eigenvalue weighted by Gasteiger charge is -2.19. The molecule has 0 amide bonds. The highest BCUT2D eigenvalue weighted by Crippen LogP contribution is 2.26. The zero-order valence-corrected chi connectivity index (χ0v) is 14.0. The predicted octanol–water partition coefficient (Wildman–Crippen LogP) is 4.64. The van der Waals surface area contributed by atoms with E-state index in [2.05, 4.69) is 33.2 Å². The van der Waals surface area contributed by atoms with Gasteiger partial charge in [-0.3, -0.25) is 0 Å². The van der Waals surface area contributed by atoms with Gasteiger partial charge in [0.2, 0.25) is 0 Å². The number of halogens is 2. The number of aryl methyl sites for hydroxylation is 1. The lowest BCUT2D eigenvalue weighted by atomic mass is 10.0. The summed E-state index contributed by atoms with van der Waals surface area (Å²) in [6, 6.07) is 5.39. The third kappa shape index (κ3) is 3.87. The number of thiazole rings is 1. The van der Waals surface area contributed by atoms with E-state index < -0.39 is 0 Å². The van der Waals surface area contributed by atoms with Crippen LogP contribution in [0.2, 0.25) is 0 Å². The molecule has 0 aliphatic rings. The highest BCUT2D eigenvalue weighted by atomic mass is 79.9. The van der Waals surface area contributed by atoms with E-state index in [-0.39, 0.29) is 11.9 Å². The molecule has 20 heavy (non-hydrogen) atoms. The fourth-order valence-corrected chi connectivity index (χ4v) is 3.12. The van der Waals surface area contributed by atoms with E-state index in [1.54, 1.807) is 17.4 Å². The summed E-state index contributed by atoms with van der Waals surface area (Å²) in [4.78, 5) is 4.48. The second-order valence-corrected chi connectivity index (χ2v) is 6.63. The van der Waals surface area contributed by atoms with Crippen molar-refractivity contribution >= 4 is 27.3 Å². The average molecular weight is 357 g/mol. The Morgan fingerprint density at radius 1 is 1.45 bits per heavy atom. The maximum Gasteiger partial charge on any atom is 0.142 e. The fraction of sp³-hybridized carbons (Fsp3) is 0.400. The zero-order chi connectivity index (χ0) is 14.5. The van der Waals surface area contributed by atoms with Gasteiger partial charge in [-0.1, -0.05) is 19.1 Å². The third-order valence-corrected chi connectivity index (χ3v) is 4.51. The Morgan fingerprint density at radius 2 is 2.25 bits per heavy atom. The number of hydrogen-bond donors (Lipinski definition) is 1. The molecule has 5 heteroatoms. The van der Waals surface area contributed by atoms with Crippen LogP contribution in [0.5, 0.6) is 0 Å². The Balaban J connectivity index is 2.24. The Bertz CT molecular complexity index is 571. The Hall–Kier alpha value is -0.780. The second kappa shape index (κ2) is 7.29. The molecule has 0 radical (unpaired) electrons. The van der Waals surface area contributed by atoms with Crippen LogP contribution in [0.3, 0.4) is 0 Å². The van der Waals surface area contributed by atoms with Crippen LogP contribution in [0.1, 0.15) is 35.7 Å². The van der Waals surface area contributed by atoms with Gasteiger partial charge in [-0.25, -0.2) is 9.37 Å². The van der Waals surface area contributed by atoms with Crippen LogP contribution in [0, 0.1) is 12.7 Å². The van der Waals surface area contributed by atoms with Gasteiger partial charge in [-0.2, -0.15) is 0 Å². The summed E-state index contributed by atoms with van der Waals surface area (Å²) >= 11 is 4.89. The average Bonchev–Trinajstić information content (AvgIpc) is 2.83. The normalized spacial score (nSPS) is 12.6. The molecule has 0 saturated carbocycles. The van der Waals surface area contributed by atoms with E-state index in [0.29, 0.717) is 16.5 Å². The number of benzene rings is 1. The number of rotatable bonds is 6. The van der Waals surface area contributed by atoms with Crippen LogP contribution in [-0.2, 0) is 6.42 Å². The van der Waals surface area contributed by atoms with E-state index in [9.17, 15) is 4.39 Å². The molecule has 1 N–H and O–H groups in total. The van der Waals surface area contributed by atoms with Gasteiger partial charge in [0.25, 0.3) is 0 Å². The monoisotopic (exact) mass is 356 g/mol. The molecule has 0 aliphatic heterocycles. The Labute approximate surface area is 131 Å². The molecule has 2 nitrogen and oxygen atoms in total. The van der Waals surface area contributed by atoms with E-state index in [4.69, 9.17) is 0 Å². The second-order valence-electron chi connectivity index (χ2n) is 4.71.